The lowest BCUT2D eigenvalue weighted by Gasteiger charge is -2.21. The number of hydrogen-bond acceptors (Lipinski definition) is 5. The second-order valence-corrected chi connectivity index (χ2v) is 5.65. The normalized spacial score (nSPS) is 24.7. The van der Waals surface area contributed by atoms with Gasteiger partial charge in [-0.05, 0) is 19.4 Å². The second-order valence-electron chi connectivity index (χ2n) is 3.64. The van der Waals surface area contributed by atoms with E-state index in [1.54, 1.807) is 0 Å². The van der Waals surface area contributed by atoms with E-state index in [0.29, 0.717) is 0 Å². The first-order valence-electron chi connectivity index (χ1n) is 4.89. The third kappa shape index (κ3) is 3.39. The van der Waals surface area contributed by atoms with E-state index in [2.05, 4.69) is 10.2 Å². The molecule has 1 saturated heterocycles. The van der Waals surface area contributed by atoms with Crippen molar-refractivity contribution in [3.05, 3.63) is 0 Å². The van der Waals surface area contributed by atoms with Crippen LogP contribution in [0.25, 0.3) is 0 Å². The summed E-state index contributed by atoms with van der Waals surface area (Å²) in [5, 5.41) is 12.8. The van der Waals surface area contributed by atoms with Crippen molar-refractivity contribution in [2.45, 2.75) is 25.0 Å². The van der Waals surface area contributed by atoms with Crippen LogP contribution in [-0.2, 0) is 14.9 Å². The summed E-state index contributed by atoms with van der Waals surface area (Å²) < 4.78 is 23.9. The highest BCUT2D eigenvalue weighted by molar-refractivity contribution is 7.88. The molecular formula is C8H18N2O4S. The monoisotopic (exact) mass is 238 g/mol. The van der Waals surface area contributed by atoms with Crippen molar-refractivity contribution in [2.24, 2.45) is 0 Å². The van der Waals surface area contributed by atoms with Gasteiger partial charge in [-0.25, -0.2) is 8.42 Å². The van der Waals surface area contributed by atoms with Gasteiger partial charge in [0, 0.05) is 13.1 Å². The molecule has 0 aromatic heterocycles. The van der Waals surface area contributed by atoms with Crippen molar-refractivity contribution in [1.29, 1.82) is 0 Å². The van der Waals surface area contributed by atoms with Crippen LogP contribution in [0.1, 0.15) is 12.8 Å². The van der Waals surface area contributed by atoms with E-state index in [1.807, 2.05) is 0 Å². The van der Waals surface area contributed by atoms with Crippen LogP contribution >= 0.6 is 0 Å². The molecule has 1 fully saturated rings. The minimum absolute atomic E-state index is 0.120. The van der Waals surface area contributed by atoms with Gasteiger partial charge >= 0.3 is 0 Å². The number of nitrogens with zero attached hydrogens (tertiary/aromatic N) is 1. The maximum atomic E-state index is 11.5. The predicted molar refractivity (Wildman–Crippen MR) is 55.6 cm³/mol. The summed E-state index contributed by atoms with van der Waals surface area (Å²) in [6.45, 7) is 0.835. The Morgan fingerprint density at radius 1 is 1.67 bits per heavy atom. The first-order chi connectivity index (χ1) is 6.97. The molecule has 15 heavy (non-hydrogen) atoms. The fraction of sp³-hybridized carbons (Fsp3) is 1.00. The molecule has 0 aromatic rings. The Balaban J connectivity index is 2.52. The van der Waals surface area contributed by atoms with Crippen molar-refractivity contribution in [3.8, 4) is 0 Å². The van der Waals surface area contributed by atoms with Gasteiger partial charge in [0.2, 0.25) is 10.0 Å². The van der Waals surface area contributed by atoms with Crippen molar-refractivity contribution >= 4 is 10.0 Å². The molecule has 6 nitrogen and oxygen atoms in total. The number of aliphatic hydroxyl groups excluding tert-OH is 1. The molecule has 1 aliphatic rings. The zero-order valence-electron chi connectivity index (χ0n) is 9.01. The number of nitrogens with one attached hydrogen (secondary N) is 1. The SMILES string of the molecule is CON(C)S(=O)(=O)CC(O)[C@@H]1CCCN1. The van der Waals surface area contributed by atoms with Crippen LogP contribution in [-0.4, -0.2) is 56.6 Å². The summed E-state index contributed by atoms with van der Waals surface area (Å²) >= 11 is 0. The molecule has 0 amide bonds. The Labute approximate surface area is 90.2 Å². The van der Waals surface area contributed by atoms with Crippen molar-refractivity contribution in [3.63, 3.8) is 0 Å². The van der Waals surface area contributed by atoms with Crippen LogP contribution in [0.2, 0.25) is 0 Å². The van der Waals surface area contributed by atoms with Crippen molar-refractivity contribution < 1.29 is 18.4 Å². The molecule has 7 heteroatoms. The van der Waals surface area contributed by atoms with Crippen LogP contribution in [0.3, 0.4) is 0 Å². The van der Waals surface area contributed by atoms with E-state index in [-0.39, 0.29) is 11.8 Å². The van der Waals surface area contributed by atoms with E-state index in [9.17, 15) is 13.5 Å². The van der Waals surface area contributed by atoms with Gasteiger partial charge in [-0.3, -0.25) is 4.84 Å². The van der Waals surface area contributed by atoms with Crippen LogP contribution in [0.4, 0.5) is 0 Å². The highest BCUT2D eigenvalue weighted by atomic mass is 32.2. The number of sulfonamides is 1. The number of hydrogen-bond donors (Lipinski definition) is 2. The number of hydroxylamine groups is 1. The lowest BCUT2D eigenvalue weighted by atomic mass is 10.1. The molecule has 1 unspecified atom stereocenters. The largest absolute Gasteiger partial charge is 0.390 e. The highest BCUT2D eigenvalue weighted by Gasteiger charge is 2.29. The van der Waals surface area contributed by atoms with Gasteiger partial charge in [0.1, 0.15) is 0 Å². The average Bonchev–Trinajstić information content (AvgIpc) is 2.68. The molecule has 0 saturated carbocycles. The quantitative estimate of drug-likeness (QED) is 0.596. The zero-order valence-corrected chi connectivity index (χ0v) is 9.83. The van der Waals surface area contributed by atoms with E-state index in [0.717, 1.165) is 23.9 Å². The lowest BCUT2D eigenvalue weighted by Crippen LogP contribution is -2.42. The number of aliphatic hydroxyl groups is 1. The third-order valence-electron chi connectivity index (χ3n) is 2.59. The first-order valence-corrected chi connectivity index (χ1v) is 6.50. The molecule has 1 rings (SSSR count). The van der Waals surface area contributed by atoms with Crippen LogP contribution < -0.4 is 5.32 Å². The molecule has 2 N–H and O–H groups in total. The molecule has 1 aliphatic heterocycles. The molecule has 0 radical (unpaired) electrons. The fourth-order valence-corrected chi connectivity index (χ4v) is 2.69. The average molecular weight is 238 g/mol. The summed E-state index contributed by atoms with van der Waals surface area (Å²) in [4.78, 5) is 4.59. The highest BCUT2D eigenvalue weighted by Crippen LogP contribution is 2.12. The third-order valence-corrected chi connectivity index (χ3v) is 4.29. The second kappa shape index (κ2) is 5.22. The minimum atomic E-state index is -3.53. The van der Waals surface area contributed by atoms with Gasteiger partial charge < -0.3 is 10.4 Å². The molecule has 0 spiro atoms. The van der Waals surface area contributed by atoms with Crippen molar-refractivity contribution in [1.82, 2.24) is 9.79 Å². The van der Waals surface area contributed by atoms with Gasteiger partial charge in [-0.1, -0.05) is 4.47 Å². The molecule has 0 bridgehead atoms. The summed E-state index contributed by atoms with van der Waals surface area (Å²) in [7, 11) is -0.941. The van der Waals surface area contributed by atoms with Gasteiger partial charge in [0.15, 0.2) is 0 Å². The van der Waals surface area contributed by atoms with Gasteiger partial charge in [-0.15, -0.1) is 0 Å². The standard InChI is InChI=1S/C8H18N2O4S/c1-10(14-2)15(12,13)6-8(11)7-4-3-5-9-7/h7-9,11H,3-6H2,1-2H3/t7-,8?/m0/s1. The predicted octanol–water partition coefficient (Wildman–Crippen LogP) is -1.08. The molecule has 0 aromatic carbocycles. The smallest absolute Gasteiger partial charge is 0.238 e. The van der Waals surface area contributed by atoms with Crippen molar-refractivity contribution in [2.75, 3.05) is 26.5 Å². The topological polar surface area (TPSA) is 78.9 Å². The Kier molecular flexibility index (Phi) is 4.47. The van der Waals surface area contributed by atoms with Gasteiger partial charge in [-0.2, -0.15) is 0 Å². The van der Waals surface area contributed by atoms with Crippen LogP contribution in [0.5, 0.6) is 0 Å². The van der Waals surface area contributed by atoms with Gasteiger partial charge in [0.25, 0.3) is 0 Å². The van der Waals surface area contributed by atoms with E-state index in [4.69, 9.17) is 0 Å². The van der Waals surface area contributed by atoms with Gasteiger partial charge in [0.05, 0.1) is 19.0 Å². The van der Waals surface area contributed by atoms with E-state index >= 15 is 0 Å². The Morgan fingerprint density at radius 3 is 2.80 bits per heavy atom. The Bertz CT molecular complexity index is 287. The van der Waals surface area contributed by atoms with E-state index < -0.39 is 16.1 Å². The molecule has 90 valence electrons. The summed E-state index contributed by atoms with van der Waals surface area (Å²) in [6.07, 6.45) is 0.907. The Morgan fingerprint density at radius 2 is 2.33 bits per heavy atom. The zero-order chi connectivity index (χ0) is 11.5. The maximum Gasteiger partial charge on any atom is 0.238 e. The first kappa shape index (κ1) is 12.9. The Hall–Kier alpha value is -0.210. The van der Waals surface area contributed by atoms with Crippen LogP contribution in [0, 0.1) is 0 Å². The summed E-state index contributed by atoms with van der Waals surface area (Å²) in [5.74, 6) is -0.311. The molecule has 2 atom stereocenters. The molecule has 0 aliphatic carbocycles. The maximum absolute atomic E-state index is 11.5. The van der Waals surface area contributed by atoms with Crippen LogP contribution in [0.15, 0.2) is 0 Å². The summed E-state index contributed by atoms with van der Waals surface area (Å²) in [6, 6.07) is -0.120. The summed E-state index contributed by atoms with van der Waals surface area (Å²) in [5.41, 5.74) is 0. The van der Waals surface area contributed by atoms with E-state index in [1.165, 1.54) is 14.2 Å². The minimum Gasteiger partial charge on any atom is -0.390 e. The number of rotatable bonds is 5. The molecule has 1 heterocycles. The lowest BCUT2D eigenvalue weighted by molar-refractivity contribution is -0.0269. The molecular weight excluding hydrogens is 220 g/mol. The fourth-order valence-electron chi connectivity index (χ4n) is 1.59.